The van der Waals surface area contributed by atoms with Crippen molar-refractivity contribution in [3.8, 4) is 0 Å². The minimum Gasteiger partial charge on any atom is -0.330 e. The molecule has 88 valence electrons. The minimum absolute atomic E-state index is 0.283. The summed E-state index contributed by atoms with van der Waals surface area (Å²) in [7, 11) is 0. The van der Waals surface area contributed by atoms with Gasteiger partial charge < -0.3 is 5.73 Å². The van der Waals surface area contributed by atoms with Gasteiger partial charge in [0.15, 0.2) is 0 Å². The number of nitrogens with two attached hydrogens (primary N) is 1. The summed E-state index contributed by atoms with van der Waals surface area (Å²) >= 11 is 6.21. The molecule has 0 fully saturated rings. The molecule has 0 radical (unpaired) electrons. The van der Waals surface area contributed by atoms with Crippen LogP contribution in [0.3, 0.4) is 0 Å². The Kier molecular flexibility index (Phi) is 4.18. The third-order valence-corrected chi connectivity index (χ3v) is 3.30. The van der Waals surface area contributed by atoms with Crippen LogP contribution in [0.2, 0.25) is 5.02 Å². The van der Waals surface area contributed by atoms with Crippen molar-refractivity contribution in [1.29, 1.82) is 0 Å². The molecule has 1 unspecified atom stereocenters. The lowest BCUT2D eigenvalue weighted by Crippen LogP contribution is -2.15. The van der Waals surface area contributed by atoms with E-state index in [9.17, 15) is 0 Å². The Morgan fingerprint density at radius 2 is 1.59 bits per heavy atom. The number of benzene rings is 2. The minimum atomic E-state index is 0.283. The van der Waals surface area contributed by atoms with E-state index in [1.807, 2.05) is 24.3 Å². The standard InChI is InChI=1S/C15H16ClN/c16-15-9-5-4-8-14(15)13(11-17)10-12-6-2-1-3-7-12/h1-9,13H,10-11,17H2. The summed E-state index contributed by atoms with van der Waals surface area (Å²) in [5.41, 5.74) is 8.30. The lowest BCUT2D eigenvalue weighted by Gasteiger charge is -2.16. The molecule has 2 heteroatoms. The summed E-state index contributed by atoms with van der Waals surface area (Å²) in [6.07, 6.45) is 0.932. The molecular weight excluding hydrogens is 230 g/mol. The first-order chi connectivity index (χ1) is 8.31. The van der Waals surface area contributed by atoms with Crippen molar-refractivity contribution in [2.45, 2.75) is 12.3 Å². The van der Waals surface area contributed by atoms with Gasteiger partial charge in [0.2, 0.25) is 0 Å². The second-order valence-electron chi connectivity index (χ2n) is 4.14. The van der Waals surface area contributed by atoms with Gasteiger partial charge in [-0.3, -0.25) is 0 Å². The monoisotopic (exact) mass is 245 g/mol. The van der Waals surface area contributed by atoms with Crippen LogP contribution < -0.4 is 5.73 Å². The van der Waals surface area contributed by atoms with Gasteiger partial charge in [-0.05, 0) is 30.2 Å². The van der Waals surface area contributed by atoms with E-state index in [2.05, 4.69) is 30.3 Å². The van der Waals surface area contributed by atoms with E-state index in [0.717, 1.165) is 17.0 Å². The molecule has 0 heterocycles. The highest BCUT2D eigenvalue weighted by Crippen LogP contribution is 2.26. The molecule has 0 saturated carbocycles. The Labute approximate surface area is 107 Å². The zero-order chi connectivity index (χ0) is 12.1. The fourth-order valence-electron chi connectivity index (χ4n) is 2.03. The summed E-state index contributed by atoms with van der Waals surface area (Å²) in [4.78, 5) is 0. The summed E-state index contributed by atoms with van der Waals surface area (Å²) in [5, 5.41) is 0.805. The Bertz CT molecular complexity index is 467. The first kappa shape index (κ1) is 12.2. The quantitative estimate of drug-likeness (QED) is 0.875. The third-order valence-electron chi connectivity index (χ3n) is 2.95. The average molecular weight is 246 g/mol. The molecule has 0 aliphatic carbocycles. The molecule has 1 nitrogen and oxygen atoms in total. The van der Waals surface area contributed by atoms with E-state index in [1.54, 1.807) is 0 Å². The summed E-state index contributed by atoms with van der Waals surface area (Å²) in [5.74, 6) is 0.283. The smallest absolute Gasteiger partial charge is 0.0441 e. The average Bonchev–Trinajstić information content (AvgIpc) is 2.38. The van der Waals surface area contributed by atoms with Crippen molar-refractivity contribution in [1.82, 2.24) is 0 Å². The zero-order valence-electron chi connectivity index (χ0n) is 9.64. The molecule has 2 aromatic rings. The van der Waals surface area contributed by atoms with Crippen LogP contribution >= 0.6 is 11.6 Å². The van der Waals surface area contributed by atoms with Crippen molar-refractivity contribution in [2.75, 3.05) is 6.54 Å². The third kappa shape index (κ3) is 3.09. The van der Waals surface area contributed by atoms with Gasteiger partial charge in [0.1, 0.15) is 0 Å². The van der Waals surface area contributed by atoms with E-state index < -0.39 is 0 Å². The molecule has 0 bridgehead atoms. The van der Waals surface area contributed by atoms with Crippen molar-refractivity contribution < 1.29 is 0 Å². The van der Waals surface area contributed by atoms with E-state index >= 15 is 0 Å². The van der Waals surface area contributed by atoms with Crippen LogP contribution in [-0.4, -0.2) is 6.54 Å². The largest absolute Gasteiger partial charge is 0.330 e. The SMILES string of the molecule is NCC(Cc1ccccc1)c1ccccc1Cl. The van der Waals surface area contributed by atoms with Gasteiger partial charge in [0, 0.05) is 10.9 Å². The number of hydrogen-bond donors (Lipinski definition) is 1. The Balaban J connectivity index is 2.21. The number of halogens is 1. The van der Waals surface area contributed by atoms with Crippen LogP contribution in [0.25, 0.3) is 0 Å². The fraction of sp³-hybridized carbons (Fsp3) is 0.200. The summed E-state index contributed by atoms with van der Waals surface area (Å²) < 4.78 is 0. The van der Waals surface area contributed by atoms with Crippen molar-refractivity contribution in [3.63, 3.8) is 0 Å². The molecule has 0 amide bonds. The summed E-state index contributed by atoms with van der Waals surface area (Å²) in [6.45, 7) is 0.610. The normalized spacial score (nSPS) is 12.4. The van der Waals surface area contributed by atoms with Gasteiger partial charge >= 0.3 is 0 Å². The van der Waals surface area contributed by atoms with Crippen LogP contribution in [0.1, 0.15) is 17.0 Å². The van der Waals surface area contributed by atoms with E-state index in [-0.39, 0.29) is 5.92 Å². The molecular formula is C15H16ClN. The molecule has 0 saturated heterocycles. The van der Waals surface area contributed by atoms with E-state index in [1.165, 1.54) is 5.56 Å². The van der Waals surface area contributed by atoms with Crippen molar-refractivity contribution in [3.05, 3.63) is 70.7 Å². The van der Waals surface area contributed by atoms with E-state index in [0.29, 0.717) is 6.54 Å². The van der Waals surface area contributed by atoms with Gasteiger partial charge in [-0.15, -0.1) is 0 Å². The van der Waals surface area contributed by atoms with Crippen LogP contribution in [0.5, 0.6) is 0 Å². The first-order valence-electron chi connectivity index (χ1n) is 5.79. The molecule has 0 aliphatic rings. The predicted octanol–water partition coefficient (Wildman–Crippen LogP) is 3.63. The molecule has 2 aromatic carbocycles. The van der Waals surface area contributed by atoms with Gasteiger partial charge in [0.05, 0.1) is 0 Å². The Morgan fingerprint density at radius 3 is 2.24 bits per heavy atom. The van der Waals surface area contributed by atoms with Gasteiger partial charge in [-0.1, -0.05) is 60.1 Å². The highest BCUT2D eigenvalue weighted by molar-refractivity contribution is 6.31. The zero-order valence-corrected chi connectivity index (χ0v) is 10.4. The molecule has 0 spiro atoms. The molecule has 17 heavy (non-hydrogen) atoms. The highest BCUT2D eigenvalue weighted by atomic mass is 35.5. The van der Waals surface area contributed by atoms with Crippen molar-refractivity contribution >= 4 is 11.6 Å². The van der Waals surface area contributed by atoms with Crippen LogP contribution in [0.4, 0.5) is 0 Å². The second kappa shape index (κ2) is 5.85. The lowest BCUT2D eigenvalue weighted by atomic mass is 9.92. The van der Waals surface area contributed by atoms with Crippen LogP contribution in [0, 0.1) is 0 Å². The lowest BCUT2D eigenvalue weighted by molar-refractivity contribution is 0.694. The van der Waals surface area contributed by atoms with Gasteiger partial charge in [-0.2, -0.15) is 0 Å². The maximum atomic E-state index is 6.21. The maximum Gasteiger partial charge on any atom is 0.0441 e. The highest BCUT2D eigenvalue weighted by Gasteiger charge is 2.13. The predicted molar refractivity (Wildman–Crippen MR) is 73.4 cm³/mol. The van der Waals surface area contributed by atoms with Gasteiger partial charge in [0.25, 0.3) is 0 Å². The molecule has 2 N–H and O–H groups in total. The van der Waals surface area contributed by atoms with E-state index in [4.69, 9.17) is 17.3 Å². The Morgan fingerprint density at radius 1 is 0.941 bits per heavy atom. The number of hydrogen-bond acceptors (Lipinski definition) is 1. The molecule has 2 rings (SSSR count). The fourth-order valence-corrected chi connectivity index (χ4v) is 2.32. The molecule has 1 atom stereocenters. The van der Waals surface area contributed by atoms with Crippen LogP contribution in [-0.2, 0) is 6.42 Å². The first-order valence-corrected chi connectivity index (χ1v) is 6.17. The Hall–Kier alpha value is -1.31. The number of rotatable bonds is 4. The molecule has 0 aliphatic heterocycles. The topological polar surface area (TPSA) is 26.0 Å². The van der Waals surface area contributed by atoms with Crippen molar-refractivity contribution in [2.24, 2.45) is 5.73 Å². The summed E-state index contributed by atoms with van der Waals surface area (Å²) in [6, 6.07) is 18.3. The molecule has 0 aromatic heterocycles. The second-order valence-corrected chi connectivity index (χ2v) is 4.55. The van der Waals surface area contributed by atoms with Crippen LogP contribution in [0.15, 0.2) is 54.6 Å². The van der Waals surface area contributed by atoms with Gasteiger partial charge in [-0.25, -0.2) is 0 Å². The maximum absolute atomic E-state index is 6.21.